The number of ether oxygens (including phenoxy) is 1. The van der Waals surface area contributed by atoms with Crippen LogP contribution in [0.4, 0.5) is 5.69 Å². The molecule has 1 saturated heterocycles. The van der Waals surface area contributed by atoms with Crippen LogP contribution < -0.4 is 9.64 Å². The second-order valence-corrected chi connectivity index (χ2v) is 10.7. The number of rotatable bonds is 2. The summed E-state index contributed by atoms with van der Waals surface area (Å²) in [6.45, 7) is 0. The van der Waals surface area contributed by atoms with Crippen molar-refractivity contribution >= 4 is 50.6 Å². The van der Waals surface area contributed by atoms with Crippen LogP contribution in [0.2, 0.25) is 0 Å². The molecule has 3 aliphatic rings. The number of esters is 1. The Morgan fingerprint density at radius 2 is 1.30 bits per heavy atom. The van der Waals surface area contributed by atoms with Crippen LogP contribution in [0.5, 0.6) is 5.75 Å². The van der Waals surface area contributed by atoms with Crippen LogP contribution in [-0.4, -0.2) is 17.8 Å². The third-order valence-electron chi connectivity index (χ3n) is 8.66. The van der Waals surface area contributed by atoms with Crippen LogP contribution in [0.15, 0.2) is 115 Å². The van der Waals surface area contributed by atoms with Gasteiger partial charge in [0.15, 0.2) is 0 Å². The van der Waals surface area contributed by atoms with Gasteiger partial charge in [0.25, 0.3) is 0 Å². The van der Waals surface area contributed by atoms with E-state index in [0.717, 1.165) is 38.2 Å². The lowest BCUT2D eigenvalue weighted by Crippen LogP contribution is -2.42. The van der Waals surface area contributed by atoms with Crippen molar-refractivity contribution in [3.8, 4) is 5.75 Å². The van der Waals surface area contributed by atoms with E-state index < -0.39 is 23.7 Å². The van der Waals surface area contributed by atoms with Gasteiger partial charge in [-0.2, -0.15) is 0 Å². The standard InChI is InChI=1S/C35H23NO4/c37-33-30-26(21-9-2-1-3-10-21)19-27-29-25-13-7-6-11-22(25)15-17-28(29)40-35(39)31(27)32(30)34(38)36(33)24-16-14-20-8-4-5-12-23(20)18-24/h1-19,26,30-32H/t26-,30+,31+,32+/m1/s1. The lowest BCUT2D eigenvalue weighted by atomic mass is 9.64. The largest absolute Gasteiger partial charge is 0.425 e. The number of hydrogen-bond acceptors (Lipinski definition) is 4. The molecule has 8 rings (SSSR count). The number of allylic oxidation sites excluding steroid dienone is 1. The zero-order valence-electron chi connectivity index (χ0n) is 21.4. The number of carbonyl (C=O) groups excluding carboxylic acids is 3. The molecular weight excluding hydrogens is 498 g/mol. The average Bonchev–Trinajstić information content (AvgIpc) is 3.26. The molecule has 0 spiro atoms. The summed E-state index contributed by atoms with van der Waals surface area (Å²) in [4.78, 5) is 43.5. The highest BCUT2D eigenvalue weighted by Crippen LogP contribution is 2.55. The fraction of sp³-hybridized carbons (Fsp3) is 0.114. The minimum absolute atomic E-state index is 0.286. The van der Waals surface area contributed by atoms with Crippen molar-refractivity contribution in [3.05, 3.63) is 126 Å². The smallest absolute Gasteiger partial charge is 0.319 e. The first kappa shape index (κ1) is 22.9. The normalized spacial score (nSPS) is 23.4. The van der Waals surface area contributed by atoms with Gasteiger partial charge in [-0.25, -0.2) is 4.90 Å². The van der Waals surface area contributed by atoms with E-state index in [-0.39, 0.29) is 17.7 Å². The highest BCUT2D eigenvalue weighted by molar-refractivity contribution is 6.25. The fourth-order valence-electron chi connectivity index (χ4n) is 6.90. The molecule has 0 N–H and O–H groups in total. The second kappa shape index (κ2) is 8.48. The molecule has 0 saturated carbocycles. The van der Waals surface area contributed by atoms with E-state index in [4.69, 9.17) is 4.74 Å². The van der Waals surface area contributed by atoms with E-state index in [1.807, 2.05) is 115 Å². The lowest BCUT2D eigenvalue weighted by Gasteiger charge is -2.38. The molecule has 1 aliphatic carbocycles. The Morgan fingerprint density at radius 3 is 2.12 bits per heavy atom. The molecule has 5 aromatic carbocycles. The quantitative estimate of drug-likeness (QED) is 0.151. The van der Waals surface area contributed by atoms with Gasteiger partial charge in [-0.3, -0.25) is 14.4 Å². The van der Waals surface area contributed by atoms with Crippen molar-refractivity contribution in [2.75, 3.05) is 4.90 Å². The molecule has 0 bridgehead atoms. The van der Waals surface area contributed by atoms with E-state index in [1.165, 1.54) is 4.90 Å². The number of hydrogen-bond donors (Lipinski definition) is 0. The first-order valence-corrected chi connectivity index (χ1v) is 13.5. The summed E-state index contributed by atoms with van der Waals surface area (Å²) in [5.74, 6) is -3.49. The summed E-state index contributed by atoms with van der Waals surface area (Å²) in [7, 11) is 0. The van der Waals surface area contributed by atoms with Gasteiger partial charge in [0.1, 0.15) is 5.75 Å². The SMILES string of the molecule is O=C1Oc2ccc3ccccc3c2C2=C[C@H](c3ccccc3)[C@@H]3C(=O)N(c4ccc5ccccc5c4)C(=O)[C@@H]3[C@@H]12. The Hall–Kier alpha value is -5.03. The monoisotopic (exact) mass is 521 g/mol. The lowest BCUT2D eigenvalue weighted by molar-refractivity contribution is -0.142. The molecule has 0 unspecified atom stereocenters. The Kier molecular flexibility index (Phi) is 4.86. The van der Waals surface area contributed by atoms with Crippen molar-refractivity contribution in [1.82, 2.24) is 0 Å². The molecule has 5 heteroatoms. The molecule has 5 aromatic rings. The molecule has 40 heavy (non-hydrogen) atoms. The van der Waals surface area contributed by atoms with Crippen LogP contribution in [0.1, 0.15) is 17.0 Å². The highest BCUT2D eigenvalue weighted by atomic mass is 16.5. The number of anilines is 1. The number of imide groups is 1. The van der Waals surface area contributed by atoms with E-state index >= 15 is 0 Å². The van der Waals surface area contributed by atoms with Crippen molar-refractivity contribution in [2.24, 2.45) is 17.8 Å². The Balaban J connectivity index is 1.34. The molecule has 0 radical (unpaired) electrons. The van der Waals surface area contributed by atoms with Crippen LogP contribution in [-0.2, 0) is 14.4 Å². The Morgan fingerprint density at radius 1 is 0.625 bits per heavy atom. The number of benzene rings is 5. The number of nitrogens with zero attached hydrogens (tertiary/aromatic N) is 1. The maximum Gasteiger partial charge on any atom is 0.319 e. The number of amides is 2. The summed E-state index contributed by atoms with van der Waals surface area (Å²) in [6, 6.07) is 35.0. The van der Waals surface area contributed by atoms with Crippen LogP contribution in [0, 0.1) is 17.8 Å². The molecule has 192 valence electrons. The minimum atomic E-state index is -0.871. The van der Waals surface area contributed by atoms with Crippen molar-refractivity contribution in [3.63, 3.8) is 0 Å². The molecule has 5 nitrogen and oxygen atoms in total. The second-order valence-electron chi connectivity index (χ2n) is 10.7. The van der Waals surface area contributed by atoms with Gasteiger partial charge >= 0.3 is 5.97 Å². The van der Waals surface area contributed by atoms with Gasteiger partial charge in [-0.1, -0.05) is 97.1 Å². The highest BCUT2D eigenvalue weighted by Gasteiger charge is 2.60. The van der Waals surface area contributed by atoms with Gasteiger partial charge in [-0.05, 0) is 50.9 Å². The Bertz CT molecular complexity index is 1920. The summed E-state index contributed by atoms with van der Waals surface area (Å²) >= 11 is 0. The third-order valence-corrected chi connectivity index (χ3v) is 8.66. The third kappa shape index (κ3) is 3.18. The van der Waals surface area contributed by atoms with Crippen LogP contribution in [0.3, 0.4) is 0 Å². The van der Waals surface area contributed by atoms with E-state index in [1.54, 1.807) is 0 Å². The predicted molar refractivity (Wildman–Crippen MR) is 154 cm³/mol. The van der Waals surface area contributed by atoms with Crippen molar-refractivity contribution in [1.29, 1.82) is 0 Å². The number of carbonyl (C=O) groups is 3. The molecule has 4 atom stereocenters. The van der Waals surface area contributed by atoms with E-state index in [9.17, 15) is 14.4 Å². The van der Waals surface area contributed by atoms with Gasteiger partial charge < -0.3 is 4.74 Å². The fourth-order valence-corrected chi connectivity index (χ4v) is 6.90. The molecular formula is C35H23NO4. The first-order chi connectivity index (χ1) is 19.6. The zero-order chi connectivity index (χ0) is 27.0. The van der Waals surface area contributed by atoms with E-state index in [2.05, 4.69) is 0 Å². The predicted octanol–water partition coefficient (Wildman–Crippen LogP) is 6.51. The van der Waals surface area contributed by atoms with Gasteiger partial charge in [0, 0.05) is 11.5 Å². The van der Waals surface area contributed by atoms with Gasteiger partial charge in [0.2, 0.25) is 11.8 Å². The van der Waals surface area contributed by atoms with Crippen molar-refractivity contribution < 1.29 is 19.1 Å². The maximum atomic E-state index is 14.3. The Labute approximate surface area is 230 Å². The summed E-state index contributed by atoms with van der Waals surface area (Å²) in [6.07, 6.45) is 2.04. The summed E-state index contributed by atoms with van der Waals surface area (Å²) in [5, 5.41) is 3.93. The molecule has 1 fully saturated rings. The molecule has 2 heterocycles. The van der Waals surface area contributed by atoms with E-state index in [0.29, 0.717) is 11.4 Å². The topological polar surface area (TPSA) is 63.7 Å². The van der Waals surface area contributed by atoms with Gasteiger partial charge in [-0.15, -0.1) is 0 Å². The maximum absolute atomic E-state index is 14.3. The molecule has 2 aliphatic heterocycles. The summed E-state index contributed by atoms with van der Waals surface area (Å²) in [5.41, 5.74) is 3.04. The van der Waals surface area contributed by atoms with Gasteiger partial charge in [0.05, 0.1) is 23.4 Å². The average molecular weight is 522 g/mol. The zero-order valence-corrected chi connectivity index (χ0v) is 21.4. The van der Waals surface area contributed by atoms with Crippen LogP contribution >= 0.6 is 0 Å². The number of fused-ring (bicyclic) bond motifs is 8. The molecule has 2 amide bonds. The summed E-state index contributed by atoms with van der Waals surface area (Å²) < 4.78 is 5.88. The minimum Gasteiger partial charge on any atom is -0.425 e. The molecule has 0 aromatic heterocycles. The first-order valence-electron chi connectivity index (χ1n) is 13.5. The van der Waals surface area contributed by atoms with Crippen molar-refractivity contribution in [2.45, 2.75) is 5.92 Å². The van der Waals surface area contributed by atoms with Crippen LogP contribution in [0.25, 0.3) is 27.1 Å².